The fraction of sp³-hybridized carbons (Fsp3) is 0.450. The van der Waals surface area contributed by atoms with Gasteiger partial charge in [-0.05, 0) is 43.5 Å². The normalized spacial score (nSPS) is 17.4. The van der Waals surface area contributed by atoms with Crippen LogP contribution in [0, 0.1) is 11.6 Å². The van der Waals surface area contributed by atoms with Gasteiger partial charge in [-0.25, -0.2) is 13.6 Å². The number of anilines is 3. The number of piperazine rings is 1. The van der Waals surface area contributed by atoms with Crippen LogP contribution < -0.4 is 15.1 Å². The Balaban J connectivity index is 1.31. The zero-order chi connectivity index (χ0) is 20.2. The van der Waals surface area contributed by atoms with E-state index in [2.05, 4.69) is 25.3 Å². The number of hydrogen-bond donors (Lipinski definition) is 1. The first-order chi connectivity index (χ1) is 14.1. The van der Waals surface area contributed by atoms with Crippen molar-refractivity contribution < 1.29 is 13.6 Å². The summed E-state index contributed by atoms with van der Waals surface area (Å²) in [5, 5.41) is 11.3. The van der Waals surface area contributed by atoms with Crippen molar-refractivity contribution in [3.63, 3.8) is 0 Å². The van der Waals surface area contributed by atoms with Gasteiger partial charge in [0.05, 0.1) is 0 Å². The molecule has 154 valence electrons. The number of nitrogens with zero attached hydrogens (tertiary/aromatic N) is 5. The second kappa shape index (κ2) is 8.59. The molecule has 3 heterocycles. The van der Waals surface area contributed by atoms with Crippen molar-refractivity contribution in [2.75, 3.05) is 54.4 Å². The fourth-order valence-corrected chi connectivity index (χ4v) is 3.75. The highest BCUT2D eigenvalue weighted by Gasteiger charge is 2.23. The molecule has 0 bridgehead atoms. The molecule has 0 saturated carbocycles. The molecule has 2 amide bonds. The Bertz CT molecular complexity index is 828. The highest BCUT2D eigenvalue weighted by atomic mass is 19.1. The van der Waals surface area contributed by atoms with Crippen LogP contribution in [0.2, 0.25) is 0 Å². The number of piperidine rings is 1. The maximum Gasteiger partial charge on any atom is 0.321 e. The van der Waals surface area contributed by atoms with E-state index < -0.39 is 11.6 Å². The fourth-order valence-electron chi connectivity index (χ4n) is 3.75. The molecule has 0 atom stereocenters. The minimum Gasteiger partial charge on any atom is -0.355 e. The SMILES string of the molecule is O=C(Nc1cc(F)cc(F)c1)N1CCN(c2ccc(N3CCCCC3)nn2)CC1. The van der Waals surface area contributed by atoms with Gasteiger partial charge < -0.3 is 20.0 Å². The number of aromatic nitrogens is 2. The lowest BCUT2D eigenvalue weighted by Gasteiger charge is -2.35. The van der Waals surface area contributed by atoms with Gasteiger partial charge in [-0.3, -0.25) is 0 Å². The topological polar surface area (TPSA) is 64.6 Å². The molecular weight excluding hydrogens is 378 g/mol. The molecule has 0 spiro atoms. The van der Waals surface area contributed by atoms with E-state index in [4.69, 9.17) is 0 Å². The first kappa shape index (κ1) is 19.4. The van der Waals surface area contributed by atoms with Crippen LogP contribution in [0.25, 0.3) is 0 Å². The standard InChI is InChI=1S/C20H24F2N6O/c21-15-12-16(22)14-17(13-15)23-20(29)28-10-8-27(9-11-28)19-5-4-18(24-25-19)26-6-2-1-3-7-26/h4-5,12-14H,1-3,6-11H2,(H,23,29). The van der Waals surface area contributed by atoms with E-state index in [9.17, 15) is 13.6 Å². The number of benzene rings is 1. The highest BCUT2D eigenvalue weighted by molar-refractivity contribution is 5.89. The van der Waals surface area contributed by atoms with Crippen molar-refractivity contribution in [1.82, 2.24) is 15.1 Å². The van der Waals surface area contributed by atoms with Gasteiger partial charge in [0.2, 0.25) is 0 Å². The Kier molecular flexibility index (Phi) is 5.73. The Morgan fingerprint density at radius 1 is 0.793 bits per heavy atom. The molecule has 2 aliphatic rings. The van der Waals surface area contributed by atoms with E-state index >= 15 is 0 Å². The van der Waals surface area contributed by atoms with Crippen LogP contribution in [-0.4, -0.2) is 60.4 Å². The second-order valence-electron chi connectivity index (χ2n) is 7.36. The summed E-state index contributed by atoms with van der Waals surface area (Å²) in [5.74, 6) is 0.250. The molecule has 2 aromatic rings. The molecule has 1 aromatic heterocycles. The van der Waals surface area contributed by atoms with Gasteiger partial charge in [-0.15, -0.1) is 10.2 Å². The Hall–Kier alpha value is -2.97. The monoisotopic (exact) mass is 402 g/mol. The van der Waals surface area contributed by atoms with Crippen LogP contribution >= 0.6 is 0 Å². The quantitative estimate of drug-likeness (QED) is 0.855. The zero-order valence-corrected chi connectivity index (χ0v) is 16.2. The van der Waals surface area contributed by atoms with Crippen molar-refractivity contribution >= 4 is 23.4 Å². The van der Waals surface area contributed by atoms with Crippen LogP contribution in [0.3, 0.4) is 0 Å². The van der Waals surface area contributed by atoms with Crippen molar-refractivity contribution in [1.29, 1.82) is 0 Å². The van der Waals surface area contributed by atoms with E-state index in [1.165, 1.54) is 19.3 Å². The average molecular weight is 402 g/mol. The third-order valence-corrected chi connectivity index (χ3v) is 5.32. The molecule has 0 radical (unpaired) electrons. The summed E-state index contributed by atoms with van der Waals surface area (Å²) in [6, 6.07) is 6.56. The molecule has 4 rings (SSSR count). The summed E-state index contributed by atoms with van der Waals surface area (Å²) in [6.45, 7) is 4.25. The highest BCUT2D eigenvalue weighted by Crippen LogP contribution is 2.20. The van der Waals surface area contributed by atoms with Gasteiger partial charge in [0.1, 0.15) is 11.6 Å². The number of rotatable bonds is 3. The molecule has 0 aliphatic carbocycles. The zero-order valence-electron chi connectivity index (χ0n) is 16.2. The maximum atomic E-state index is 13.3. The predicted octanol–water partition coefficient (Wildman–Crippen LogP) is 3.10. The third-order valence-electron chi connectivity index (χ3n) is 5.32. The number of carbonyl (C=O) groups is 1. The molecule has 1 aromatic carbocycles. The molecule has 2 fully saturated rings. The maximum absolute atomic E-state index is 13.3. The first-order valence-corrected chi connectivity index (χ1v) is 9.94. The molecular formula is C20H24F2N6O. The van der Waals surface area contributed by atoms with Gasteiger partial charge in [0.15, 0.2) is 11.6 Å². The van der Waals surface area contributed by atoms with E-state index in [1.54, 1.807) is 4.90 Å². The van der Waals surface area contributed by atoms with Crippen LogP contribution in [0.5, 0.6) is 0 Å². The van der Waals surface area contributed by atoms with Crippen molar-refractivity contribution in [3.05, 3.63) is 42.0 Å². The van der Waals surface area contributed by atoms with E-state index in [0.29, 0.717) is 26.2 Å². The van der Waals surface area contributed by atoms with Gasteiger partial charge >= 0.3 is 6.03 Å². The summed E-state index contributed by atoms with van der Waals surface area (Å²) in [4.78, 5) is 18.3. The summed E-state index contributed by atoms with van der Waals surface area (Å²) in [6.07, 6.45) is 3.65. The minimum atomic E-state index is -0.725. The first-order valence-electron chi connectivity index (χ1n) is 9.94. The smallest absolute Gasteiger partial charge is 0.321 e. The summed E-state index contributed by atoms with van der Waals surface area (Å²) >= 11 is 0. The Morgan fingerprint density at radius 3 is 1.90 bits per heavy atom. The lowest BCUT2D eigenvalue weighted by atomic mass is 10.1. The van der Waals surface area contributed by atoms with Crippen molar-refractivity contribution in [2.24, 2.45) is 0 Å². The van der Waals surface area contributed by atoms with Crippen molar-refractivity contribution in [3.8, 4) is 0 Å². The second-order valence-corrected chi connectivity index (χ2v) is 7.36. The minimum absolute atomic E-state index is 0.106. The molecule has 9 heteroatoms. The van der Waals surface area contributed by atoms with Crippen LogP contribution in [0.15, 0.2) is 30.3 Å². The van der Waals surface area contributed by atoms with Crippen LogP contribution in [-0.2, 0) is 0 Å². The third kappa shape index (κ3) is 4.72. The lowest BCUT2D eigenvalue weighted by molar-refractivity contribution is 0.208. The van der Waals surface area contributed by atoms with Gasteiger partial charge in [0, 0.05) is 51.0 Å². The van der Waals surface area contributed by atoms with Crippen LogP contribution in [0.1, 0.15) is 19.3 Å². The summed E-state index contributed by atoms with van der Waals surface area (Å²) in [5.41, 5.74) is 0.106. The number of nitrogens with one attached hydrogen (secondary N) is 1. The van der Waals surface area contributed by atoms with E-state index in [0.717, 1.165) is 42.9 Å². The summed E-state index contributed by atoms with van der Waals surface area (Å²) in [7, 11) is 0. The number of urea groups is 1. The Morgan fingerprint density at radius 2 is 1.34 bits per heavy atom. The molecule has 7 nitrogen and oxygen atoms in total. The number of amides is 2. The van der Waals surface area contributed by atoms with E-state index in [1.807, 2.05) is 12.1 Å². The van der Waals surface area contributed by atoms with Crippen molar-refractivity contribution in [2.45, 2.75) is 19.3 Å². The number of carbonyl (C=O) groups excluding carboxylic acids is 1. The van der Waals surface area contributed by atoms with Gasteiger partial charge in [-0.2, -0.15) is 0 Å². The molecule has 0 unspecified atom stereocenters. The predicted molar refractivity (Wildman–Crippen MR) is 107 cm³/mol. The molecule has 2 saturated heterocycles. The lowest BCUT2D eigenvalue weighted by Crippen LogP contribution is -2.50. The average Bonchev–Trinajstić information content (AvgIpc) is 2.74. The summed E-state index contributed by atoms with van der Waals surface area (Å²) < 4.78 is 26.6. The molecule has 29 heavy (non-hydrogen) atoms. The molecule has 2 aliphatic heterocycles. The number of hydrogen-bond acceptors (Lipinski definition) is 5. The Labute approximate surface area is 168 Å². The molecule has 1 N–H and O–H groups in total. The van der Waals surface area contributed by atoms with E-state index in [-0.39, 0.29) is 11.7 Å². The van der Waals surface area contributed by atoms with Crippen LogP contribution in [0.4, 0.5) is 30.9 Å². The van der Waals surface area contributed by atoms with Gasteiger partial charge in [-0.1, -0.05) is 0 Å². The van der Waals surface area contributed by atoms with Gasteiger partial charge in [0.25, 0.3) is 0 Å². The number of halogens is 2. The largest absolute Gasteiger partial charge is 0.355 e.